The molecule has 0 aliphatic carbocycles. The number of alkyl halides is 3. The van der Waals surface area contributed by atoms with Crippen molar-refractivity contribution in [3.63, 3.8) is 0 Å². The second kappa shape index (κ2) is 5.55. The number of hydrogen-bond acceptors (Lipinski definition) is 4. The van der Waals surface area contributed by atoms with Gasteiger partial charge in [-0.2, -0.15) is 17.5 Å². The lowest BCUT2D eigenvalue weighted by Gasteiger charge is -2.17. The van der Waals surface area contributed by atoms with Crippen LogP contribution in [0, 0.1) is 0 Å². The first-order chi connectivity index (χ1) is 8.16. The predicted octanol–water partition coefficient (Wildman–Crippen LogP) is 1.43. The Kier molecular flexibility index (Phi) is 4.76. The number of sulfonamides is 1. The molecule has 0 bridgehead atoms. The summed E-state index contributed by atoms with van der Waals surface area (Å²) in [5, 5.41) is 0. The molecule has 0 unspecified atom stereocenters. The minimum absolute atomic E-state index is 0.0994. The van der Waals surface area contributed by atoms with Crippen molar-refractivity contribution in [1.29, 1.82) is 0 Å². The summed E-state index contributed by atoms with van der Waals surface area (Å²) in [5.74, 6) is 0. The second-order valence-electron chi connectivity index (χ2n) is 3.64. The Hall–Kier alpha value is -0.640. The topological polar surface area (TPSA) is 63.4 Å². The van der Waals surface area contributed by atoms with E-state index in [1.54, 1.807) is 6.07 Å². The summed E-state index contributed by atoms with van der Waals surface area (Å²) in [6.07, 6.45) is -4.05. The van der Waals surface area contributed by atoms with Crippen LogP contribution in [0.1, 0.15) is 4.88 Å². The lowest BCUT2D eigenvalue weighted by Crippen LogP contribution is -2.35. The zero-order valence-electron chi connectivity index (χ0n) is 9.57. The van der Waals surface area contributed by atoms with Gasteiger partial charge in [-0.3, -0.25) is 0 Å². The predicted molar refractivity (Wildman–Crippen MR) is 62.9 cm³/mol. The van der Waals surface area contributed by atoms with Crippen LogP contribution in [0.2, 0.25) is 0 Å². The Balaban J connectivity index is 2.91. The Morgan fingerprint density at radius 3 is 2.50 bits per heavy atom. The van der Waals surface area contributed by atoms with Crippen LogP contribution in [0.4, 0.5) is 13.2 Å². The van der Waals surface area contributed by atoms with Crippen LogP contribution >= 0.6 is 11.3 Å². The molecule has 0 atom stereocenters. The monoisotopic (exact) mass is 302 g/mol. The van der Waals surface area contributed by atoms with Gasteiger partial charge in [0.1, 0.15) is 10.8 Å². The number of nitrogens with zero attached hydrogens (tertiary/aromatic N) is 1. The zero-order chi connectivity index (χ0) is 14.0. The van der Waals surface area contributed by atoms with Gasteiger partial charge in [-0.25, -0.2) is 8.42 Å². The highest BCUT2D eigenvalue weighted by Crippen LogP contribution is 2.26. The van der Waals surface area contributed by atoms with Crippen LogP contribution < -0.4 is 5.73 Å². The largest absolute Gasteiger partial charge is 0.402 e. The van der Waals surface area contributed by atoms with E-state index in [0.29, 0.717) is 17.3 Å². The Morgan fingerprint density at radius 1 is 1.39 bits per heavy atom. The summed E-state index contributed by atoms with van der Waals surface area (Å²) in [5.41, 5.74) is 5.32. The summed E-state index contributed by atoms with van der Waals surface area (Å²) in [6, 6.07) is 2.86. The molecule has 0 aromatic carbocycles. The molecule has 4 nitrogen and oxygen atoms in total. The van der Waals surface area contributed by atoms with E-state index in [2.05, 4.69) is 0 Å². The van der Waals surface area contributed by atoms with Crippen molar-refractivity contribution in [1.82, 2.24) is 4.31 Å². The van der Waals surface area contributed by atoms with Gasteiger partial charge in [-0.1, -0.05) is 0 Å². The zero-order valence-corrected chi connectivity index (χ0v) is 11.2. The maximum atomic E-state index is 12.2. The fourth-order valence-corrected chi connectivity index (χ4v) is 4.00. The van der Waals surface area contributed by atoms with Gasteiger partial charge >= 0.3 is 6.18 Å². The summed E-state index contributed by atoms with van der Waals surface area (Å²) in [4.78, 5) is 0.733. The first-order valence-electron chi connectivity index (χ1n) is 4.98. The van der Waals surface area contributed by atoms with Crippen molar-refractivity contribution in [3.8, 4) is 0 Å². The minimum Gasteiger partial charge on any atom is -0.330 e. The number of halogens is 3. The summed E-state index contributed by atoms with van der Waals surface area (Å²) in [7, 11) is -3.17. The fourth-order valence-electron chi connectivity index (χ4n) is 1.26. The van der Waals surface area contributed by atoms with E-state index in [1.165, 1.54) is 6.07 Å². The molecule has 0 aliphatic heterocycles. The van der Waals surface area contributed by atoms with E-state index >= 15 is 0 Å². The first-order valence-corrected chi connectivity index (χ1v) is 7.24. The number of thiophene rings is 1. The van der Waals surface area contributed by atoms with Crippen LogP contribution in [0.3, 0.4) is 0 Å². The van der Waals surface area contributed by atoms with Gasteiger partial charge in [-0.15, -0.1) is 11.3 Å². The molecule has 0 spiro atoms. The molecule has 0 aliphatic rings. The van der Waals surface area contributed by atoms with Crippen molar-refractivity contribution >= 4 is 21.4 Å². The van der Waals surface area contributed by atoms with Crippen LogP contribution in [0.5, 0.6) is 0 Å². The van der Waals surface area contributed by atoms with E-state index in [1.807, 2.05) is 0 Å². The Labute approximate surface area is 107 Å². The molecule has 9 heteroatoms. The van der Waals surface area contributed by atoms with Crippen LogP contribution in [0.15, 0.2) is 16.3 Å². The summed E-state index contributed by atoms with van der Waals surface area (Å²) >= 11 is 0.942. The van der Waals surface area contributed by atoms with Crippen LogP contribution in [-0.2, 0) is 16.4 Å². The van der Waals surface area contributed by atoms with Gasteiger partial charge in [0.25, 0.3) is 10.0 Å². The quantitative estimate of drug-likeness (QED) is 0.895. The van der Waals surface area contributed by atoms with E-state index in [-0.39, 0.29) is 4.21 Å². The maximum absolute atomic E-state index is 12.2. The SMILES string of the molecule is CN(CC(F)(F)F)S(=O)(=O)c1ccc(CCN)s1. The molecule has 2 N–H and O–H groups in total. The maximum Gasteiger partial charge on any atom is 0.402 e. The van der Waals surface area contributed by atoms with E-state index < -0.39 is 22.7 Å². The molecule has 0 saturated heterocycles. The molecule has 1 heterocycles. The second-order valence-corrected chi connectivity index (χ2v) is 7.08. The third-order valence-electron chi connectivity index (χ3n) is 2.09. The third-order valence-corrected chi connectivity index (χ3v) is 5.51. The van der Waals surface area contributed by atoms with Crippen molar-refractivity contribution in [2.45, 2.75) is 16.8 Å². The lowest BCUT2D eigenvalue weighted by molar-refractivity contribution is -0.134. The van der Waals surface area contributed by atoms with E-state index in [9.17, 15) is 21.6 Å². The molecule has 0 radical (unpaired) electrons. The molecule has 18 heavy (non-hydrogen) atoms. The lowest BCUT2D eigenvalue weighted by atomic mass is 10.3. The molecular weight excluding hydrogens is 289 g/mol. The van der Waals surface area contributed by atoms with Crippen molar-refractivity contribution in [2.75, 3.05) is 20.1 Å². The summed E-state index contributed by atoms with van der Waals surface area (Å²) < 4.78 is 60.3. The molecule has 104 valence electrons. The molecule has 0 saturated carbocycles. The molecule has 0 amide bonds. The summed E-state index contributed by atoms with van der Waals surface area (Å²) in [6.45, 7) is -1.14. The molecular formula is C9H13F3N2O2S2. The van der Waals surface area contributed by atoms with Crippen molar-refractivity contribution in [3.05, 3.63) is 17.0 Å². The smallest absolute Gasteiger partial charge is 0.330 e. The van der Waals surface area contributed by atoms with E-state index in [4.69, 9.17) is 5.73 Å². The molecule has 0 fully saturated rings. The molecule has 1 rings (SSSR count). The highest BCUT2D eigenvalue weighted by Gasteiger charge is 2.35. The van der Waals surface area contributed by atoms with Gasteiger partial charge < -0.3 is 5.73 Å². The van der Waals surface area contributed by atoms with Crippen LogP contribution in [0.25, 0.3) is 0 Å². The van der Waals surface area contributed by atoms with Gasteiger partial charge in [-0.05, 0) is 25.1 Å². The fraction of sp³-hybridized carbons (Fsp3) is 0.556. The van der Waals surface area contributed by atoms with Gasteiger partial charge in [0.05, 0.1) is 0 Å². The normalized spacial score (nSPS) is 13.2. The minimum atomic E-state index is -4.56. The van der Waals surface area contributed by atoms with Crippen LogP contribution in [-0.4, -0.2) is 39.0 Å². The van der Waals surface area contributed by atoms with Gasteiger partial charge in [0, 0.05) is 11.9 Å². The number of nitrogens with two attached hydrogens (primary N) is 1. The standard InChI is InChI=1S/C9H13F3N2O2S2/c1-14(6-9(10,11)12)18(15,16)8-3-2-7(17-8)4-5-13/h2-3H,4-6,13H2,1H3. The third kappa shape index (κ3) is 3.94. The molecule has 1 aromatic rings. The average Bonchev–Trinajstić information content (AvgIpc) is 2.64. The average molecular weight is 302 g/mol. The van der Waals surface area contributed by atoms with Gasteiger partial charge in [0.2, 0.25) is 0 Å². The van der Waals surface area contributed by atoms with Crippen molar-refractivity contribution < 1.29 is 21.6 Å². The Bertz CT molecular complexity index is 496. The van der Waals surface area contributed by atoms with E-state index in [0.717, 1.165) is 23.3 Å². The number of hydrogen-bond donors (Lipinski definition) is 1. The number of rotatable bonds is 5. The first kappa shape index (κ1) is 15.4. The Morgan fingerprint density at radius 2 is 2.00 bits per heavy atom. The highest BCUT2D eigenvalue weighted by molar-refractivity contribution is 7.91. The van der Waals surface area contributed by atoms with Crippen molar-refractivity contribution in [2.24, 2.45) is 5.73 Å². The van der Waals surface area contributed by atoms with Gasteiger partial charge in [0.15, 0.2) is 0 Å². The molecule has 1 aromatic heterocycles. The highest BCUT2D eigenvalue weighted by atomic mass is 32.2.